The molecule has 13 heteroatoms. The molecule has 1 aliphatic rings. The standard InChI is InChI=1S/C24H19BClF2N9/c1-12-17(3-2-4-30-12)24(25,20-11-33-37-36-20)35-14-5-16-21(34-15-7-19(27)23(28)32-10-15)13(8-29)9-31-22(16)18(26)6-14/h2-7,9-11,33,35-37H,25H2,1H3,(H,31,34). The van der Waals surface area contributed by atoms with Gasteiger partial charge in [0, 0.05) is 41.4 Å². The Bertz CT molecular complexity index is 1610. The van der Waals surface area contributed by atoms with Gasteiger partial charge in [-0.2, -0.15) is 15.2 Å². The van der Waals surface area contributed by atoms with E-state index < -0.39 is 17.2 Å². The second kappa shape index (κ2) is 9.53. The van der Waals surface area contributed by atoms with E-state index in [9.17, 15) is 14.0 Å². The van der Waals surface area contributed by atoms with Crippen LogP contribution in [0, 0.1) is 30.0 Å². The maximum atomic E-state index is 13.8. The summed E-state index contributed by atoms with van der Waals surface area (Å²) >= 11 is 6.64. The predicted octanol–water partition coefficient (Wildman–Crippen LogP) is 3.23. The van der Waals surface area contributed by atoms with E-state index in [1.807, 2.05) is 26.9 Å². The monoisotopic (exact) mass is 517 g/mol. The lowest BCUT2D eigenvalue weighted by molar-refractivity contribution is 0.480. The third-order valence-electron chi connectivity index (χ3n) is 6.08. The van der Waals surface area contributed by atoms with Gasteiger partial charge in [0.25, 0.3) is 0 Å². The number of pyridine rings is 3. The van der Waals surface area contributed by atoms with Gasteiger partial charge in [0.15, 0.2) is 5.82 Å². The number of nitrogens with zero attached hydrogens (tertiary/aromatic N) is 4. The van der Waals surface area contributed by atoms with E-state index in [1.165, 1.54) is 6.20 Å². The van der Waals surface area contributed by atoms with Crippen LogP contribution in [0.1, 0.15) is 16.8 Å². The number of nitrogens with one attached hydrogen (secondary N) is 5. The average Bonchev–Trinajstić information content (AvgIpc) is 3.43. The van der Waals surface area contributed by atoms with Crippen molar-refractivity contribution in [2.24, 2.45) is 0 Å². The van der Waals surface area contributed by atoms with Gasteiger partial charge in [-0.05, 0) is 30.7 Å². The molecule has 1 aliphatic heterocycles. The molecule has 0 saturated heterocycles. The van der Waals surface area contributed by atoms with Crippen molar-refractivity contribution < 1.29 is 8.78 Å². The summed E-state index contributed by atoms with van der Waals surface area (Å²) in [6.45, 7) is 1.92. The molecule has 0 spiro atoms. The molecule has 9 nitrogen and oxygen atoms in total. The lowest BCUT2D eigenvalue weighted by Gasteiger charge is -2.34. The van der Waals surface area contributed by atoms with Crippen molar-refractivity contribution in [3.8, 4) is 6.07 Å². The average molecular weight is 518 g/mol. The topological polar surface area (TPSA) is 123 Å². The van der Waals surface area contributed by atoms with Gasteiger partial charge >= 0.3 is 0 Å². The van der Waals surface area contributed by atoms with Crippen LogP contribution >= 0.6 is 11.6 Å². The van der Waals surface area contributed by atoms with Crippen molar-refractivity contribution in [1.82, 2.24) is 31.3 Å². The summed E-state index contributed by atoms with van der Waals surface area (Å²) in [5, 5.41) is 17.1. The molecule has 37 heavy (non-hydrogen) atoms. The molecule has 0 aliphatic carbocycles. The molecule has 3 aromatic heterocycles. The van der Waals surface area contributed by atoms with Crippen LogP contribution in [-0.2, 0) is 5.44 Å². The van der Waals surface area contributed by atoms with Crippen LogP contribution in [0.3, 0.4) is 0 Å². The summed E-state index contributed by atoms with van der Waals surface area (Å²) in [5.41, 5.74) is 12.3. The van der Waals surface area contributed by atoms with Crippen molar-refractivity contribution in [2.45, 2.75) is 12.4 Å². The van der Waals surface area contributed by atoms with Crippen LogP contribution in [0.15, 0.2) is 60.8 Å². The van der Waals surface area contributed by atoms with E-state index in [-0.39, 0.29) is 11.3 Å². The number of aryl methyl sites for hydroxylation is 1. The fraction of sp³-hybridized carbons (Fsp3) is 0.0833. The first kappa shape index (κ1) is 24.2. The lowest BCUT2D eigenvalue weighted by atomic mass is 9.69. The highest BCUT2D eigenvalue weighted by atomic mass is 35.5. The Morgan fingerprint density at radius 2 is 1.97 bits per heavy atom. The number of fused-ring (bicyclic) bond motifs is 1. The summed E-state index contributed by atoms with van der Waals surface area (Å²) in [5.74, 6) is -2.34. The van der Waals surface area contributed by atoms with Gasteiger partial charge < -0.3 is 21.5 Å². The molecule has 1 atom stereocenters. The SMILES string of the molecule is BC(Nc1cc(Cl)c2ncc(C#N)c(Nc3cnc(F)c(F)c3)c2c1)(C1=CNNN1)c1cccnc1C. The molecule has 1 unspecified atom stereocenters. The number of aromatic nitrogens is 3. The maximum Gasteiger partial charge on any atom is 0.249 e. The Morgan fingerprint density at radius 1 is 1.14 bits per heavy atom. The van der Waals surface area contributed by atoms with Gasteiger partial charge in [0.2, 0.25) is 5.95 Å². The van der Waals surface area contributed by atoms with Crippen LogP contribution in [0.4, 0.5) is 25.8 Å². The molecule has 1 aromatic carbocycles. The van der Waals surface area contributed by atoms with Gasteiger partial charge in [-0.15, -0.1) is 0 Å². The van der Waals surface area contributed by atoms with Crippen LogP contribution < -0.4 is 27.0 Å². The Kier molecular flexibility index (Phi) is 6.25. The van der Waals surface area contributed by atoms with Crippen LogP contribution in [0.5, 0.6) is 0 Å². The van der Waals surface area contributed by atoms with Crippen LogP contribution in [0.2, 0.25) is 5.02 Å². The van der Waals surface area contributed by atoms with E-state index in [0.717, 1.165) is 29.2 Å². The number of anilines is 3. The van der Waals surface area contributed by atoms with Gasteiger partial charge in [0.05, 0.1) is 44.8 Å². The molecule has 184 valence electrons. The van der Waals surface area contributed by atoms with E-state index in [4.69, 9.17) is 11.6 Å². The molecular formula is C24H19BClF2N9. The highest BCUT2D eigenvalue weighted by Gasteiger charge is 2.35. The Labute approximate surface area is 216 Å². The maximum absolute atomic E-state index is 13.8. The second-order valence-electron chi connectivity index (χ2n) is 8.47. The van der Waals surface area contributed by atoms with Crippen molar-refractivity contribution in [2.75, 3.05) is 10.6 Å². The summed E-state index contributed by atoms with van der Waals surface area (Å²) in [7, 11) is 1.98. The van der Waals surface area contributed by atoms with Gasteiger partial charge in [-0.25, -0.2) is 9.37 Å². The highest BCUT2D eigenvalue weighted by Crippen LogP contribution is 2.38. The first-order chi connectivity index (χ1) is 17.8. The van der Waals surface area contributed by atoms with E-state index in [2.05, 4.69) is 48.0 Å². The van der Waals surface area contributed by atoms with Crippen LogP contribution in [-0.4, -0.2) is 22.8 Å². The molecule has 5 N–H and O–H groups in total. The zero-order valence-electron chi connectivity index (χ0n) is 19.6. The number of rotatable bonds is 6. The molecular weight excluding hydrogens is 499 g/mol. The number of benzene rings is 1. The smallest absolute Gasteiger partial charge is 0.249 e. The molecule has 0 bridgehead atoms. The van der Waals surface area contributed by atoms with Crippen molar-refractivity contribution in [3.63, 3.8) is 0 Å². The van der Waals surface area contributed by atoms with Gasteiger partial charge in [-0.1, -0.05) is 17.7 Å². The van der Waals surface area contributed by atoms with Gasteiger partial charge in [-0.3, -0.25) is 9.97 Å². The molecule has 0 radical (unpaired) electrons. The highest BCUT2D eigenvalue weighted by molar-refractivity contribution is 6.36. The normalized spacial score (nSPS) is 14.2. The van der Waals surface area contributed by atoms with E-state index >= 15 is 0 Å². The fourth-order valence-corrected chi connectivity index (χ4v) is 4.55. The van der Waals surface area contributed by atoms with Crippen molar-refractivity contribution in [3.05, 3.63) is 94.4 Å². The fourth-order valence-electron chi connectivity index (χ4n) is 4.28. The van der Waals surface area contributed by atoms with Crippen molar-refractivity contribution >= 4 is 47.4 Å². The summed E-state index contributed by atoms with van der Waals surface area (Å²) in [6, 6.07) is 10.4. The number of hydrogen-bond donors (Lipinski definition) is 5. The molecule has 5 rings (SSSR count). The lowest BCUT2D eigenvalue weighted by Crippen LogP contribution is -2.45. The molecule has 0 fully saturated rings. The Balaban J connectivity index is 1.65. The summed E-state index contributed by atoms with van der Waals surface area (Å²) < 4.78 is 27.2. The predicted molar refractivity (Wildman–Crippen MR) is 139 cm³/mol. The van der Waals surface area contributed by atoms with E-state index in [0.29, 0.717) is 27.3 Å². The van der Waals surface area contributed by atoms with E-state index in [1.54, 1.807) is 24.5 Å². The first-order valence-electron chi connectivity index (χ1n) is 11.1. The zero-order chi connectivity index (χ0) is 26.2. The number of halogens is 3. The first-order valence-corrected chi connectivity index (χ1v) is 11.5. The zero-order valence-corrected chi connectivity index (χ0v) is 20.4. The summed E-state index contributed by atoms with van der Waals surface area (Å²) in [6.07, 6.45) is 6.01. The minimum Gasteiger partial charge on any atom is -0.378 e. The molecule has 0 saturated carbocycles. The summed E-state index contributed by atoms with van der Waals surface area (Å²) in [4.78, 5) is 12.2. The minimum absolute atomic E-state index is 0.158. The Hall–Kier alpha value is -4.47. The number of hydrazine groups is 2. The molecule has 0 amide bonds. The molecule has 4 heterocycles. The van der Waals surface area contributed by atoms with Crippen molar-refractivity contribution in [1.29, 1.82) is 5.26 Å². The second-order valence-corrected chi connectivity index (χ2v) is 8.88. The Morgan fingerprint density at radius 3 is 2.68 bits per heavy atom. The number of hydrogen-bond acceptors (Lipinski definition) is 9. The largest absolute Gasteiger partial charge is 0.378 e. The third-order valence-corrected chi connectivity index (χ3v) is 6.36. The van der Waals surface area contributed by atoms with Crippen LogP contribution in [0.25, 0.3) is 10.9 Å². The minimum atomic E-state index is -1.22. The molecule has 4 aromatic rings. The quantitative estimate of drug-likeness (QED) is 0.194. The van der Waals surface area contributed by atoms with Gasteiger partial charge in [0.1, 0.15) is 13.9 Å². The number of nitriles is 1. The third kappa shape index (κ3) is 4.46.